The Kier molecular flexibility index (Phi) is 4.59. The standard InChI is InChI=1S/C16H18N6O5/c1-4-16(6-25-8(2)23)10(26-9(3)24)5-11(27-16)22-7-19-12-13(17)20-15(18)21-14(12)22/h1,7,10-11H,5-6H2,2-3H3,(H4,17,18,20,21)/t10-,11-,16-/m1/s1. The van der Waals surface area contributed by atoms with Crippen LogP contribution in [0.2, 0.25) is 0 Å². The van der Waals surface area contributed by atoms with Gasteiger partial charge in [-0.3, -0.25) is 14.2 Å². The van der Waals surface area contributed by atoms with Crippen molar-refractivity contribution in [3.8, 4) is 12.3 Å². The van der Waals surface area contributed by atoms with Gasteiger partial charge in [-0.25, -0.2) is 4.98 Å². The molecule has 0 radical (unpaired) electrons. The van der Waals surface area contributed by atoms with Crippen molar-refractivity contribution in [2.45, 2.75) is 38.2 Å². The van der Waals surface area contributed by atoms with E-state index in [1.807, 2.05) is 0 Å². The molecule has 4 N–H and O–H groups in total. The second-order valence-corrected chi connectivity index (χ2v) is 6.01. The van der Waals surface area contributed by atoms with Crippen LogP contribution in [0.5, 0.6) is 0 Å². The summed E-state index contributed by atoms with van der Waals surface area (Å²) in [7, 11) is 0. The minimum Gasteiger partial charge on any atom is -0.462 e. The summed E-state index contributed by atoms with van der Waals surface area (Å²) < 4.78 is 17.9. The average molecular weight is 374 g/mol. The fourth-order valence-corrected chi connectivity index (χ4v) is 2.93. The van der Waals surface area contributed by atoms with Crippen molar-refractivity contribution in [3.05, 3.63) is 6.33 Å². The van der Waals surface area contributed by atoms with Crippen LogP contribution in [-0.2, 0) is 23.8 Å². The van der Waals surface area contributed by atoms with Gasteiger partial charge >= 0.3 is 11.9 Å². The number of esters is 2. The third-order valence-corrected chi connectivity index (χ3v) is 4.10. The number of ether oxygens (including phenoxy) is 3. The van der Waals surface area contributed by atoms with Crippen LogP contribution < -0.4 is 11.5 Å². The molecule has 142 valence electrons. The fourth-order valence-electron chi connectivity index (χ4n) is 2.93. The third kappa shape index (κ3) is 3.34. The number of nitrogens with two attached hydrogens (primary N) is 2. The van der Waals surface area contributed by atoms with E-state index in [2.05, 4.69) is 20.9 Å². The number of rotatable bonds is 4. The maximum atomic E-state index is 11.5. The first-order valence-electron chi connectivity index (χ1n) is 7.97. The van der Waals surface area contributed by atoms with Crippen LogP contribution in [0.25, 0.3) is 11.2 Å². The molecule has 0 bridgehead atoms. The van der Waals surface area contributed by atoms with Gasteiger partial charge in [0.1, 0.15) is 24.5 Å². The van der Waals surface area contributed by atoms with E-state index < -0.39 is 29.9 Å². The zero-order valence-corrected chi connectivity index (χ0v) is 14.7. The number of hydrogen-bond donors (Lipinski definition) is 2. The number of imidazole rings is 1. The van der Waals surface area contributed by atoms with Crippen LogP contribution in [0.1, 0.15) is 26.5 Å². The highest BCUT2D eigenvalue weighted by Crippen LogP contribution is 2.40. The van der Waals surface area contributed by atoms with E-state index in [-0.39, 0.29) is 24.8 Å². The summed E-state index contributed by atoms with van der Waals surface area (Å²) in [6, 6.07) is 0. The second-order valence-electron chi connectivity index (χ2n) is 6.01. The van der Waals surface area contributed by atoms with E-state index >= 15 is 0 Å². The van der Waals surface area contributed by atoms with Crippen LogP contribution in [0.4, 0.5) is 11.8 Å². The van der Waals surface area contributed by atoms with Crippen LogP contribution in [0, 0.1) is 12.3 Å². The molecule has 3 rings (SSSR count). The van der Waals surface area contributed by atoms with Crippen LogP contribution in [0.15, 0.2) is 6.33 Å². The van der Waals surface area contributed by atoms with Crippen molar-refractivity contribution in [2.24, 2.45) is 0 Å². The molecule has 1 aliphatic heterocycles. The maximum Gasteiger partial charge on any atom is 0.303 e. The number of nitrogen functional groups attached to an aromatic ring is 2. The summed E-state index contributed by atoms with van der Waals surface area (Å²) in [6.45, 7) is 2.21. The van der Waals surface area contributed by atoms with Crippen molar-refractivity contribution < 1.29 is 23.8 Å². The highest BCUT2D eigenvalue weighted by molar-refractivity contribution is 5.82. The molecular formula is C16H18N6O5. The fraction of sp³-hybridized carbons (Fsp3) is 0.438. The summed E-state index contributed by atoms with van der Waals surface area (Å²) in [5.74, 6) is 1.46. The predicted molar refractivity (Wildman–Crippen MR) is 92.6 cm³/mol. The molecule has 1 aliphatic rings. The summed E-state index contributed by atoms with van der Waals surface area (Å²) in [6.07, 6.45) is 5.72. The molecule has 0 aromatic carbocycles. The molecule has 11 nitrogen and oxygen atoms in total. The molecule has 1 fully saturated rings. The van der Waals surface area contributed by atoms with E-state index in [0.29, 0.717) is 11.2 Å². The SMILES string of the molecule is C#C[C@]1(COC(C)=O)O[C@@H](n2cnc3c(N)nc(N)nc32)C[C@H]1OC(C)=O. The molecule has 0 spiro atoms. The number of fused-ring (bicyclic) bond motifs is 1. The number of anilines is 2. The monoisotopic (exact) mass is 374 g/mol. The summed E-state index contributed by atoms with van der Waals surface area (Å²) >= 11 is 0. The van der Waals surface area contributed by atoms with Gasteiger partial charge in [0.15, 0.2) is 11.5 Å². The Bertz CT molecular complexity index is 951. The second kappa shape index (κ2) is 6.73. The molecule has 3 heterocycles. The van der Waals surface area contributed by atoms with Gasteiger partial charge in [0.25, 0.3) is 0 Å². The molecule has 1 saturated heterocycles. The number of carbonyl (C=O) groups is 2. The molecule has 11 heteroatoms. The molecule has 2 aromatic rings. The Morgan fingerprint density at radius 1 is 1.41 bits per heavy atom. The van der Waals surface area contributed by atoms with Gasteiger partial charge in [-0.05, 0) is 0 Å². The average Bonchev–Trinajstić information content (AvgIpc) is 3.14. The Labute approximate surface area is 154 Å². The molecule has 27 heavy (non-hydrogen) atoms. The van der Waals surface area contributed by atoms with Gasteiger partial charge in [0, 0.05) is 20.3 Å². The van der Waals surface area contributed by atoms with Crippen molar-refractivity contribution in [3.63, 3.8) is 0 Å². The first-order chi connectivity index (χ1) is 12.8. The van der Waals surface area contributed by atoms with Crippen molar-refractivity contribution in [1.82, 2.24) is 19.5 Å². The van der Waals surface area contributed by atoms with Gasteiger partial charge in [-0.1, -0.05) is 5.92 Å². The van der Waals surface area contributed by atoms with Crippen LogP contribution in [0.3, 0.4) is 0 Å². The van der Waals surface area contributed by atoms with Gasteiger partial charge in [0.2, 0.25) is 11.5 Å². The van der Waals surface area contributed by atoms with Gasteiger partial charge < -0.3 is 25.7 Å². The largest absolute Gasteiger partial charge is 0.462 e. The first kappa shape index (κ1) is 18.4. The maximum absolute atomic E-state index is 11.5. The lowest BCUT2D eigenvalue weighted by Crippen LogP contribution is -2.45. The lowest BCUT2D eigenvalue weighted by atomic mass is 9.98. The number of nitrogens with zero attached hydrogens (tertiary/aromatic N) is 4. The number of carbonyl (C=O) groups excluding carboxylic acids is 2. The Morgan fingerprint density at radius 3 is 2.78 bits per heavy atom. The van der Waals surface area contributed by atoms with E-state index in [1.54, 1.807) is 4.57 Å². The first-order valence-corrected chi connectivity index (χ1v) is 7.97. The Hall–Kier alpha value is -3.39. The van der Waals surface area contributed by atoms with E-state index in [1.165, 1.54) is 20.2 Å². The van der Waals surface area contributed by atoms with Gasteiger partial charge in [0.05, 0.1) is 6.33 Å². The van der Waals surface area contributed by atoms with Gasteiger partial charge in [-0.15, -0.1) is 6.42 Å². The highest BCUT2D eigenvalue weighted by atomic mass is 16.6. The number of hydrogen-bond acceptors (Lipinski definition) is 10. The molecule has 3 atom stereocenters. The van der Waals surface area contributed by atoms with E-state index in [0.717, 1.165) is 0 Å². The highest BCUT2D eigenvalue weighted by Gasteiger charge is 2.52. The van der Waals surface area contributed by atoms with E-state index in [9.17, 15) is 9.59 Å². The third-order valence-electron chi connectivity index (χ3n) is 4.10. The van der Waals surface area contributed by atoms with Crippen molar-refractivity contribution in [2.75, 3.05) is 18.1 Å². The van der Waals surface area contributed by atoms with Crippen LogP contribution >= 0.6 is 0 Å². The van der Waals surface area contributed by atoms with Crippen LogP contribution in [-0.4, -0.2) is 49.8 Å². The molecule has 0 amide bonds. The zero-order chi connectivity index (χ0) is 19.8. The van der Waals surface area contributed by atoms with Gasteiger partial charge in [-0.2, -0.15) is 9.97 Å². The number of terminal acetylenes is 1. The summed E-state index contributed by atoms with van der Waals surface area (Å²) in [4.78, 5) is 34.9. The smallest absolute Gasteiger partial charge is 0.303 e. The zero-order valence-electron chi connectivity index (χ0n) is 14.7. The molecule has 0 aliphatic carbocycles. The predicted octanol–water partition coefficient (Wildman–Crippen LogP) is -0.224. The topological polar surface area (TPSA) is 157 Å². The lowest BCUT2D eigenvalue weighted by Gasteiger charge is -2.28. The molecule has 0 unspecified atom stereocenters. The minimum atomic E-state index is -1.46. The molecular weight excluding hydrogens is 356 g/mol. The Morgan fingerprint density at radius 2 is 2.15 bits per heavy atom. The van der Waals surface area contributed by atoms with Crippen molar-refractivity contribution >= 4 is 34.9 Å². The lowest BCUT2D eigenvalue weighted by molar-refractivity contribution is -0.164. The normalized spacial score (nSPS) is 24.5. The van der Waals surface area contributed by atoms with E-state index in [4.69, 9.17) is 32.1 Å². The molecule has 2 aromatic heterocycles. The number of aromatic nitrogens is 4. The van der Waals surface area contributed by atoms with Crippen molar-refractivity contribution in [1.29, 1.82) is 0 Å². The quantitative estimate of drug-likeness (QED) is 0.541. The Balaban J connectivity index is 1.99. The summed E-state index contributed by atoms with van der Waals surface area (Å²) in [5.41, 5.74) is 10.7. The minimum absolute atomic E-state index is 0.0283. The molecule has 0 saturated carbocycles. The summed E-state index contributed by atoms with van der Waals surface area (Å²) in [5, 5.41) is 0.